The molecule has 0 radical (unpaired) electrons. The van der Waals surface area contributed by atoms with Crippen molar-refractivity contribution in [3.8, 4) is 0 Å². The molecule has 0 aromatic heterocycles. The average Bonchev–Trinajstić information content (AvgIpc) is 3.18. The molecular weight excluding hydrogens is 727 g/mol. The van der Waals surface area contributed by atoms with Crippen LogP contribution in [0.5, 0.6) is 0 Å². The van der Waals surface area contributed by atoms with Crippen LogP contribution in [0.2, 0.25) is 0 Å². The molecule has 58 heavy (non-hydrogen) atoms. The molecule has 342 valence electrons. The molecule has 0 heterocycles. The predicted octanol–water partition coefficient (Wildman–Crippen LogP) is 13.9. The number of aliphatic carboxylic acids is 1. The van der Waals surface area contributed by atoms with Gasteiger partial charge >= 0.3 is 17.9 Å². The second-order valence-corrected chi connectivity index (χ2v) is 18.1. The number of likely N-dealkylation sites (N-methyl/N-ethyl adjacent to an activating group) is 1. The maximum absolute atomic E-state index is 12.8. The van der Waals surface area contributed by atoms with Gasteiger partial charge in [-0.25, -0.2) is 4.79 Å². The van der Waals surface area contributed by atoms with Crippen molar-refractivity contribution in [2.75, 3.05) is 41.0 Å². The van der Waals surface area contributed by atoms with Gasteiger partial charge in [0.25, 0.3) is 0 Å². The average molecular weight is 823 g/mol. The van der Waals surface area contributed by atoms with Crippen LogP contribution in [0.4, 0.5) is 0 Å². The van der Waals surface area contributed by atoms with Crippen molar-refractivity contribution >= 4 is 17.9 Å². The van der Waals surface area contributed by atoms with Crippen molar-refractivity contribution in [3.05, 3.63) is 12.2 Å². The molecule has 0 aromatic rings. The number of nitrogens with zero attached hydrogens (tertiary/aromatic N) is 1. The van der Waals surface area contributed by atoms with Crippen molar-refractivity contribution in [1.82, 2.24) is 0 Å². The summed E-state index contributed by atoms with van der Waals surface area (Å²) >= 11 is 0. The maximum Gasteiger partial charge on any atom is 0.362 e. The lowest BCUT2D eigenvalue weighted by Crippen LogP contribution is -2.50. The summed E-state index contributed by atoms with van der Waals surface area (Å²) in [4.78, 5) is 37.0. The Morgan fingerprint density at radius 1 is 0.500 bits per heavy atom. The van der Waals surface area contributed by atoms with Crippen LogP contribution in [0.15, 0.2) is 12.2 Å². The first-order chi connectivity index (χ1) is 28.1. The lowest BCUT2D eigenvalue weighted by molar-refractivity contribution is -0.887. The maximum atomic E-state index is 12.8. The summed E-state index contributed by atoms with van der Waals surface area (Å²) in [7, 11) is 5.54. The summed E-state index contributed by atoms with van der Waals surface area (Å²) in [6.07, 6.45) is 45.5. The Morgan fingerprint density at radius 2 is 0.879 bits per heavy atom. The summed E-state index contributed by atoms with van der Waals surface area (Å²) in [6.45, 7) is 4.73. The zero-order valence-electron chi connectivity index (χ0n) is 39.0. The van der Waals surface area contributed by atoms with Gasteiger partial charge in [0.2, 0.25) is 0 Å². The van der Waals surface area contributed by atoms with Gasteiger partial charge in [-0.3, -0.25) is 9.59 Å². The van der Waals surface area contributed by atoms with Crippen LogP contribution in [0.1, 0.15) is 239 Å². The van der Waals surface area contributed by atoms with Crippen molar-refractivity contribution in [3.63, 3.8) is 0 Å². The lowest BCUT2D eigenvalue weighted by Gasteiger charge is -2.31. The molecule has 0 aliphatic rings. The molecule has 8 heteroatoms. The Labute approximate surface area is 359 Å². The summed E-state index contributed by atoms with van der Waals surface area (Å²) < 4.78 is 17.3. The van der Waals surface area contributed by atoms with Crippen molar-refractivity contribution < 1.29 is 38.2 Å². The van der Waals surface area contributed by atoms with Crippen LogP contribution in [-0.4, -0.2) is 80.6 Å². The normalized spacial score (nSPS) is 12.9. The molecule has 0 aromatic carbocycles. The topological polar surface area (TPSA) is 99.1 Å². The number of carbonyl (C=O) groups excluding carboxylic acids is 2. The van der Waals surface area contributed by atoms with E-state index in [2.05, 4.69) is 26.0 Å². The largest absolute Gasteiger partial charge is 0.477 e. The standard InChI is InChI=1S/C50H95NO7/c1-6-8-10-12-14-16-18-19-20-21-22-23-24-25-26-27-28-29-31-33-35-37-39-41-49(53)58-46(44-56-43-42-47(50(54)55)51(3,4)5)45-57-48(52)40-38-36-34-32-30-17-15-13-11-9-7-2/h13,15,46-47H,6-12,14,16-45H2,1-5H3/p+1/b15-13+. The third-order valence-electron chi connectivity index (χ3n) is 11.4. The Morgan fingerprint density at radius 3 is 1.29 bits per heavy atom. The fourth-order valence-corrected chi connectivity index (χ4v) is 7.55. The number of carbonyl (C=O) groups is 3. The smallest absolute Gasteiger partial charge is 0.362 e. The summed E-state index contributed by atoms with van der Waals surface area (Å²) in [5, 5.41) is 9.63. The van der Waals surface area contributed by atoms with E-state index in [1.165, 1.54) is 161 Å². The molecule has 0 aliphatic carbocycles. The van der Waals surface area contributed by atoms with E-state index in [0.717, 1.165) is 44.9 Å². The van der Waals surface area contributed by atoms with Gasteiger partial charge in [0.1, 0.15) is 6.61 Å². The molecule has 0 amide bonds. The van der Waals surface area contributed by atoms with E-state index in [9.17, 15) is 19.5 Å². The molecule has 2 atom stereocenters. The number of carboxylic acids is 1. The van der Waals surface area contributed by atoms with Gasteiger partial charge in [-0.2, -0.15) is 0 Å². The van der Waals surface area contributed by atoms with Gasteiger partial charge in [0.15, 0.2) is 12.1 Å². The second-order valence-electron chi connectivity index (χ2n) is 18.1. The number of rotatable bonds is 45. The number of quaternary nitrogens is 1. The number of allylic oxidation sites excluding steroid dienone is 2. The lowest BCUT2D eigenvalue weighted by atomic mass is 10.0. The van der Waals surface area contributed by atoms with Gasteiger partial charge < -0.3 is 23.8 Å². The quantitative estimate of drug-likeness (QED) is 0.0283. The first kappa shape index (κ1) is 56.1. The molecule has 0 saturated carbocycles. The molecule has 0 aliphatic heterocycles. The number of unbranched alkanes of at least 4 members (excludes halogenated alkanes) is 29. The van der Waals surface area contributed by atoms with Crippen molar-refractivity contribution in [1.29, 1.82) is 0 Å². The number of ether oxygens (including phenoxy) is 3. The molecule has 0 rings (SSSR count). The van der Waals surface area contributed by atoms with Crippen LogP contribution in [-0.2, 0) is 28.6 Å². The van der Waals surface area contributed by atoms with Crippen molar-refractivity contribution in [2.45, 2.75) is 251 Å². The van der Waals surface area contributed by atoms with E-state index in [4.69, 9.17) is 14.2 Å². The molecular formula is C50H96NO7+. The van der Waals surface area contributed by atoms with E-state index in [1.54, 1.807) is 0 Å². The fourth-order valence-electron chi connectivity index (χ4n) is 7.55. The minimum Gasteiger partial charge on any atom is -0.477 e. The highest BCUT2D eigenvalue weighted by molar-refractivity contribution is 5.72. The molecule has 0 saturated heterocycles. The van der Waals surface area contributed by atoms with E-state index in [1.807, 2.05) is 21.1 Å². The van der Waals surface area contributed by atoms with Crippen LogP contribution < -0.4 is 0 Å². The zero-order valence-corrected chi connectivity index (χ0v) is 39.0. The molecule has 0 spiro atoms. The highest BCUT2D eigenvalue weighted by Gasteiger charge is 2.31. The Hall–Kier alpha value is -1.93. The van der Waals surface area contributed by atoms with E-state index < -0.39 is 18.1 Å². The van der Waals surface area contributed by atoms with Crippen LogP contribution in [0.3, 0.4) is 0 Å². The van der Waals surface area contributed by atoms with E-state index >= 15 is 0 Å². The molecule has 0 fully saturated rings. The zero-order chi connectivity index (χ0) is 42.8. The number of hydrogen-bond donors (Lipinski definition) is 1. The van der Waals surface area contributed by atoms with Gasteiger partial charge in [-0.1, -0.05) is 199 Å². The first-order valence-electron chi connectivity index (χ1n) is 24.7. The van der Waals surface area contributed by atoms with Crippen LogP contribution in [0, 0.1) is 0 Å². The Kier molecular flexibility index (Phi) is 40.4. The SMILES string of the molecule is CCCC/C=C/CCCCCCCC(=O)OCC(COCCC(C(=O)O)[N+](C)(C)C)OC(=O)CCCCCCCCCCCCCCCCCCCCCCCCC. The summed E-state index contributed by atoms with van der Waals surface area (Å²) in [6, 6.07) is -0.611. The Balaban J connectivity index is 4.14. The number of carboxylic acid groups (broad SMARTS) is 1. The minimum absolute atomic E-state index is 0.0496. The number of esters is 2. The van der Waals surface area contributed by atoms with E-state index in [0.29, 0.717) is 19.3 Å². The molecule has 2 unspecified atom stereocenters. The third kappa shape index (κ3) is 39.5. The first-order valence-corrected chi connectivity index (χ1v) is 24.7. The van der Waals surface area contributed by atoms with Gasteiger partial charge in [0.05, 0.1) is 34.4 Å². The predicted molar refractivity (Wildman–Crippen MR) is 243 cm³/mol. The minimum atomic E-state index is -0.873. The van der Waals surface area contributed by atoms with Gasteiger partial charge in [-0.15, -0.1) is 0 Å². The van der Waals surface area contributed by atoms with Crippen LogP contribution >= 0.6 is 0 Å². The second kappa shape index (κ2) is 41.8. The summed E-state index contributed by atoms with van der Waals surface area (Å²) in [5.41, 5.74) is 0. The van der Waals surface area contributed by atoms with Gasteiger partial charge in [-0.05, 0) is 32.1 Å². The van der Waals surface area contributed by atoms with E-state index in [-0.39, 0.29) is 36.2 Å². The monoisotopic (exact) mass is 823 g/mol. The Bertz CT molecular complexity index is 962. The summed E-state index contributed by atoms with van der Waals surface area (Å²) in [5.74, 6) is -1.46. The number of hydrogen-bond acceptors (Lipinski definition) is 6. The molecule has 0 bridgehead atoms. The fraction of sp³-hybridized carbons (Fsp3) is 0.900. The van der Waals surface area contributed by atoms with Gasteiger partial charge in [0, 0.05) is 19.3 Å². The highest BCUT2D eigenvalue weighted by atomic mass is 16.6. The molecule has 8 nitrogen and oxygen atoms in total. The van der Waals surface area contributed by atoms with Crippen molar-refractivity contribution in [2.24, 2.45) is 0 Å². The van der Waals surface area contributed by atoms with Crippen LogP contribution in [0.25, 0.3) is 0 Å². The third-order valence-corrected chi connectivity index (χ3v) is 11.4. The highest BCUT2D eigenvalue weighted by Crippen LogP contribution is 2.17. The molecule has 1 N–H and O–H groups in total.